The average molecular weight is 372 g/mol. The maximum atomic E-state index is 12.1. The molecule has 0 bridgehead atoms. The predicted octanol–water partition coefficient (Wildman–Crippen LogP) is 3.75. The van der Waals surface area contributed by atoms with Crippen LogP contribution in [0.3, 0.4) is 0 Å². The minimum Gasteiger partial charge on any atom is -0.481 e. The van der Waals surface area contributed by atoms with Crippen LogP contribution in [-0.4, -0.2) is 19.6 Å². The second-order valence-corrected chi connectivity index (χ2v) is 6.21. The lowest BCUT2D eigenvalue weighted by atomic mass is 10.1. The molecule has 0 saturated carbocycles. The number of aryl methyl sites for hydroxylation is 1. The van der Waals surface area contributed by atoms with Gasteiger partial charge in [-0.25, -0.2) is 0 Å². The Morgan fingerprint density at radius 3 is 2.62 bits per heavy atom. The maximum Gasteiger partial charge on any atom is 0.220 e. The van der Waals surface area contributed by atoms with Gasteiger partial charge in [0.25, 0.3) is 0 Å². The van der Waals surface area contributed by atoms with Crippen LogP contribution < -0.4 is 10.1 Å². The highest BCUT2D eigenvalue weighted by molar-refractivity contribution is 6.30. The zero-order valence-electron chi connectivity index (χ0n) is 14.8. The first kappa shape index (κ1) is 19.8. The highest BCUT2D eigenvalue weighted by Gasteiger charge is 2.07. The topological polar surface area (TPSA) is 47.6 Å². The molecule has 0 spiro atoms. The highest BCUT2D eigenvalue weighted by atomic mass is 35.5. The van der Waals surface area contributed by atoms with E-state index in [9.17, 15) is 4.79 Å². The number of halogens is 1. The molecular formula is C21H22ClNO3. The zero-order chi connectivity index (χ0) is 18.8. The van der Waals surface area contributed by atoms with Gasteiger partial charge in [0.2, 0.25) is 5.91 Å². The third-order valence-electron chi connectivity index (χ3n) is 3.78. The summed E-state index contributed by atoms with van der Waals surface area (Å²) in [4.78, 5) is 12.1. The van der Waals surface area contributed by atoms with Crippen molar-refractivity contribution in [2.75, 3.05) is 13.7 Å². The normalized spacial score (nSPS) is 10.2. The van der Waals surface area contributed by atoms with Crippen molar-refractivity contribution >= 4 is 17.5 Å². The fourth-order valence-electron chi connectivity index (χ4n) is 2.47. The van der Waals surface area contributed by atoms with E-state index in [1.807, 2.05) is 42.5 Å². The van der Waals surface area contributed by atoms with Gasteiger partial charge in [0, 0.05) is 30.7 Å². The van der Waals surface area contributed by atoms with Crippen molar-refractivity contribution < 1.29 is 14.3 Å². The number of carbonyl (C=O) groups is 1. The van der Waals surface area contributed by atoms with Crippen molar-refractivity contribution in [2.24, 2.45) is 0 Å². The lowest BCUT2D eigenvalue weighted by Crippen LogP contribution is -2.22. The summed E-state index contributed by atoms with van der Waals surface area (Å²) in [5.41, 5.74) is 2.98. The molecule has 0 saturated heterocycles. The first-order chi connectivity index (χ1) is 12.6. The van der Waals surface area contributed by atoms with Gasteiger partial charge in [-0.3, -0.25) is 4.79 Å². The molecule has 0 unspecified atom stereocenters. The van der Waals surface area contributed by atoms with Crippen LogP contribution >= 0.6 is 11.6 Å². The minimum absolute atomic E-state index is 0.000833. The molecule has 1 amide bonds. The Morgan fingerprint density at radius 2 is 1.92 bits per heavy atom. The van der Waals surface area contributed by atoms with Gasteiger partial charge in [0.1, 0.15) is 12.4 Å². The van der Waals surface area contributed by atoms with Crippen molar-refractivity contribution in [3.8, 4) is 18.1 Å². The van der Waals surface area contributed by atoms with Crippen molar-refractivity contribution in [3.63, 3.8) is 0 Å². The lowest BCUT2D eigenvalue weighted by Gasteiger charge is -2.11. The Balaban J connectivity index is 1.87. The van der Waals surface area contributed by atoms with Crippen LogP contribution in [0.5, 0.6) is 5.75 Å². The van der Waals surface area contributed by atoms with Crippen LogP contribution in [0.4, 0.5) is 0 Å². The molecule has 2 aromatic rings. The molecule has 5 heteroatoms. The summed E-state index contributed by atoms with van der Waals surface area (Å²) in [7, 11) is 1.63. The van der Waals surface area contributed by atoms with Crippen LogP contribution in [0.15, 0.2) is 42.5 Å². The summed E-state index contributed by atoms with van der Waals surface area (Å²) in [5, 5.41) is 3.60. The van der Waals surface area contributed by atoms with Crippen LogP contribution in [0.25, 0.3) is 0 Å². The second kappa shape index (κ2) is 10.5. The predicted molar refractivity (Wildman–Crippen MR) is 103 cm³/mol. The number of methoxy groups -OCH3 is 1. The van der Waals surface area contributed by atoms with Gasteiger partial charge in [0.05, 0.1) is 6.61 Å². The number of rotatable bonds is 9. The highest BCUT2D eigenvalue weighted by Crippen LogP contribution is 2.22. The Hall–Kier alpha value is -2.48. The van der Waals surface area contributed by atoms with E-state index in [4.69, 9.17) is 27.5 Å². The Labute approximate surface area is 159 Å². The number of ether oxygens (including phenoxy) is 2. The summed E-state index contributed by atoms with van der Waals surface area (Å²) >= 11 is 5.85. The van der Waals surface area contributed by atoms with Crippen molar-refractivity contribution in [3.05, 3.63) is 64.2 Å². The van der Waals surface area contributed by atoms with E-state index in [2.05, 4.69) is 11.2 Å². The quantitative estimate of drug-likeness (QED) is 0.683. The average Bonchev–Trinajstić information content (AvgIpc) is 2.65. The molecule has 4 nitrogen and oxygen atoms in total. The number of terminal acetylenes is 1. The molecule has 0 aliphatic heterocycles. The van der Waals surface area contributed by atoms with Crippen LogP contribution in [0.2, 0.25) is 5.02 Å². The Kier molecular flexibility index (Phi) is 8.01. The number of benzene rings is 2. The van der Waals surface area contributed by atoms with E-state index in [0.717, 1.165) is 16.7 Å². The largest absolute Gasteiger partial charge is 0.481 e. The molecule has 0 aliphatic rings. The minimum atomic E-state index is 0.000833. The second-order valence-electron chi connectivity index (χ2n) is 5.77. The van der Waals surface area contributed by atoms with Gasteiger partial charge in [-0.15, -0.1) is 6.42 Å². The molecule has 26 heavy (non-hydrogen) atoms. The first-order valence-electron chi connectivity index (χ1n) is 8.30. The number of carbonyl (C=O) groups excluding carboxylic acids is 1. The Morgan fingerprint density at radius 1 is 1.19 bits per heavy atom. The van der Waals surface area contributed by atoms with Crippen molar-refractivity contribution in [1.82, 2.24) is 5.32 Å². The molecule has 0 atom stereocenters. The molecule has 2 aromatic carbocycles. The summed E-state index contributed by atoms with van der Waals surface area (Å²) < 4.78 is 10.7. The van der Waals surface area contributed by atoms with Gasteiger partial charge < -0.3 is 14.8 Å². The molecule has 2 rings (SSSR count). The third kappa shape index (κ3) is 6.44. The monoisotopic (exact) mass is 371 g/mol. The van der Waals surface area contributed by atoms with Crippen molar-refractivity contribution in [2.45, 2.75) is 26.0 Å². The van der Waals surface area contributed by atoms with Gasteiger partial charge in [0.15, 0.2) is 0 Å². The van der Waals surface area contributed by atoms with E-state index < -0.39 is 0 Å². The summed E-state index contributed by atoms with van der Waals surface area (Å²) in [6, 6.07) is 13.2. The first-order valence-corrected chi connectivity index (χ1v) is 8.68. The van der Waals surface area contributed by atoms with Crippen LogP contribution in [0.1, 0.15) is 23.1 Å². The van der Waals surface area contributed by atoms with E-state index in [1.165, 1.54) is 0 Å². The summed E-state index contributed by atoms with van der Waals surface area (Å²) in [6.07, 6.45) is 6.28. The standard InChI is InChI=1S/C21H22ClNO3/c1-3-12-26-20-10-6-16(13-18(20)15-25-2)7-11-21(24)23-14-17-4-8-19(22)9-5-17/h1,4-6,8-10,13H,7,11-12,14-15H2,2H3,(H,23,24). The van der Waals surface area contributed by atoms with E-state index >= 15 is 0 Å². The zero-order valence-corrected chi connectivity index (χ0v) is 15.5. The van der Waals surface area contributed by atoms with Gasteiger partial charge in [-0.2, -0.15) is 0 Å². The fraction of sp³-hybridized carbons (Fsp3) is 0.286. The Bertz CT molecular complexity index is 766. The number of hydrogen-bond acceptors (Lipinski definition) is 3. The number of nitrogens with one attached hydrogen (secondary N) is 1. The van der Waals surface area contributed by atoms with Gasteiger partial charge >= 0.3 is 0 Å². The van der Waals surface area contributed by atoms with Crippen LogP contribution in [-0.2, 0) is 29.1 Å². The van der Waals surface area contributed by atoms with E-state index in [1.54, 1.807) is 7.11 Å². The van der Waals surface area contributed by atoms with Gasteiger partial charge in [-0.05, 0) is 41.8 Å². The molecule has 0 aliphatic carbocycles. The molecule has 0 fully saturated rings. The molecule has 0 radical (unpaired) electrons. The van der Waals surface area contributed by atoms with E-state index in [0.29, 0.717) is 36.8 Å². The fourth-order valence-corrected chi connectivity index (χ4v) is 2.59. The third-order valence-corrected chi connectivity index (χ3v) is 4.03. The lowest BCUT2D eigenvalue weighted by molar-refractivity contribution is -0.121. The maximum absolute atomic E-state index is 12.1. The molecule has 1 N–H and O–H groups in total. The smallest absolute Gasteiger partial charge is 0.220 e. The van der Waals surface area contributed by atoms with Crippen LogP contribution in [0, 0.1) is 12.3 Å². The number of amides is 1. The number of hydrogen-bond donors (Lipinski definition) is 1. The van der Waals surface area contributed by atoms with Gasteiger partial charge in [-0.1, -0.05) is 35.7 Å². The molecule has 0 aromatic heterocycles. The molecular weight excluding hydrogens is 350 g/mol. The van der Waals surface area contributed by atoms with E-state index in [-0.39, 0.29) is 12.5 Å². The molecule has 0 heterocycles. The summed E-state index contributed by atoms with van der Waals surface area (Å²) in [6.45, 7) is 1.13. The molecule has 136 valence electrons. The van der Waals surface area contributed by atoms with Crippen molar-refractivity contribution in [1.29, 1.82) is 0 Å². The SMILES string of the molecule is C#CCOc1ccc(CCC(=O)NCc2ccc(Cl)cc2)cc1COC. The summed E-state index contributed by atoms with van der Waals surface area (Å²) in [5.74, 6) is 3.16.